The molecule has 0 spiro atoms. The largest absolute Gasteiger partial charge is 0.465 e. The fourth-order valence-electron chi connectivity index (χ4n) is 0.232. The number of halogens is 2. The van der Waals surface area contributed by atoms with Crippen LogP contribution in [0.1, 0.15) is 13.3 Å². The summed E-state index contributed by atoms with van der Waals surface area (Å²) in [5.74, 6) is 0. The fraction of sp³-hybridized carbons (Fsp3) is 0.750. The molecule has 2 N–H and O–H groups in total. The lowest BCUT2D eigenvalue weighted by Crippen LogP contribution is -2.20. The van der Waals surface area contributed by atoms with Crippen LogP contribution in [0.3, 0.4) is 0 Å². The molecule has 0 saturated carbocycles. The van der Waals surface area contributed by atoms with Crippen LogP contribution in [0.5, 0.6) is 0 Å². The molecule has 0 aliphatic heterocycles. The van der Waals surface area contributed by atoms with Crippen LogP contribution in [0.25, 0.3) is 0 Å². The molecule has 0 aromatic rings. The summed E-state index contributed by atoms with van der Waals surface area (Å²) < 4.78 is 18.3. The van der Waals surface area contributed by atoms with E-state index in [2.05, 4.69) is 26.7 Å². The zero-order valence-corrected chi connectivity index (χ0v) is 8.58. The van der Waals surface area contributed by atoms with E-state index in [0.29, 0.717) is 6.54 Å². The first kappa shape index (κ1) is 14.3. The Kier molecular flexibility index (Phi) is 8.90. The van der Waals surface area contributed by atoms with Crippen molar-refractivity contribution in [2.24, 2.45) is 0 Å². The summed E-state index contributed by atoms with van der Waals surface area (Å²) in [6.45, 7) is 2.46. The Hall–Kier alpha value is -0.200. The minimum atomic E-state index is -3.72. The summed E-state index contributed by atoms with van der Waals surface area (Å²) in [5.41, 5.74) is 0. The van der Waals surface area contributed by atoms with Crippen molar-refractivity contribution in [1.82, 2.24) is 5.32 Å². The van der Waals surface area contributed by atoms with Crippen molar-refractivity contribution < 1.29 is 18.3 Å². The molecule has 74 valence electrons. The second-order valence-electron chi connectivity index (χ2n) is 1.61. The van der Waals surface area contributed by atoms with Gasteiger partial charge < -0.3 is 10.4 Å². The first-order chi connectivity index (χ1) is 5.27. The Bertz CT molecular complexity index is 207. The van der Waals surface area contributed by atoms with Crippen LogP contribution in [-0.2, 0) is 8.26 Å². The summed E-state index contributed by atoms with van der Waals surface area (Å²) >= 11 is 0. The third kappa shape index (κ3) is 52.6. The number of hydrogen-bond donors (Lipinski definition) is 2. The Balaban J connectivity index is 0. The van der Waals surface area contributed by atoms with Crippen LogP contribution in [0.2, 0.25) is 0 Å². The number of carboxylic acid groups (broad SMARTS) is 1. The van der Waals surface area contributed by atoms with E-state index in [4.69, 9.17) is 13.5 Å². The van der Waals surface area contributed by atoms with E-state index in [9.17, 15) is 4.79 Å². The van der Waals surface area contributed by atoms with Crippen molar-refractivity contribution in [2.45, 2.75) is 13.3 Å². The van der Waals surface area contributed by atoms with Gasteiger partial charge in [-0.25, -0.2) is 4.79 Å². The van der Waals surface area contributed by atoms with Crippen molar-refractivity contribution in [3.05, 3.63) is 0 Å². The Morgan fingerprint density at radius 3 is 1.92 bits per heavy atom. The Morgan fingerprint density at radius 2 is 1.83 bits per heavy atom. The van der Waals surface area contributed by atoms with Gasteiger partial charge in [0.2, 0.25) is 0 Å². The molecule has 0 fully saturated rings. The van der Waals surface area contributed by atoms with Gasteiger partial charge in [-0.1, -0.05) is 6.92 Å². The van der Waals surface area contributed by atoms with E-state index in [-0.39, 0.29) is 0 Å². The van der Waals surface area contributed by atoms with E-state index in [1.807, 2.05) is 6.92 Å². The van der Waals surface area contributed by atoms with E-state index in [1.165, 1.54) is 0 Å². The second-order valence-corrected chi connectivity index (χ2v) is 5.28. The molecule has 0 unspecified atom stereocenters. The monoisotopic (exact) mass is 237 g/mol. The molecule has 0 aromatic carbocycles. The highest BCUT2D eigenvalue weighted by atomic mass is 36.0. The van der Waals surface area contributed by atoms with Gasteiger partial charge in [0.1, 0.15) is 0 Å². The lowest BCUT2D eigenvalue weighted by Gasteiger charge is -1.91. The van der Waals surface area contributed by atoms with Crippen LogP contribution in [0.4, 0.5) is 4.79 Å². The first-order valence-corrected chi connectivity index (χ1v) is 6.02. The van der Waals surface area contributed by atoms with E-state index < -0.39 is 14.4 Å². The molecule has 0 radical (unpaired) electrons. The number of carbonyl (C=O) groups is 1. The third-order valence-electron chi connectivity index (χ3n) is 0.526. The molecule has 0 aliphatic rings. The molecular formula is C4H9Cl2NO4S. The van der Waals surface area contributed by atoms with Crippen LogP contribution in [-0.4, -0.2) is 26.2 Å². The number of rotatable bonds is 2. The van der Waals surface area contributed by atoms with Crippen LogP contribution >= 0.6 is 21.4 Å². The predicted molar refractivity (Wildman–Crippen MR) is 46.9 cm³/mol. The normalized spacial score (nSPS) is 9.58. The predicted octanol–water partition coefficient (Wildman–Crippen LogP) is 1.37. The maximum Gasteiger partial charge on any atom is 0.404 e. The molecule has 0 atom stereocenters. The van der Waals surface area contributed by atoms with E-state index in [1.54, 1.807) is 0 Å². The van der Waals surface area contributed by atoms with Gasteiger partial charge >= 0.3 is 14.4 Å². The molecule has 0 bridgehead atoms. The maximum atomic E-state index is 9.65. The maximum absolute atomic E-state index is 9.65. The molecule has 1 amide bonds. The highest BCUT2D eigenvalue weighted by Gasteiger charge is 1.88. The minimum absolute atomic E-state index is 0.551. The molecule has 0 saturated heterocycles. The fourth-order valence-corrected chi connectivity index (χ4v) is 0.232. The van der Waals surface area contributed by atoms with Crippen molar-refractivity contribution >= 4 is 35.7 Å². The van der Waals surface area contributed by atoms with Gasteiger partial charge in [0, 0.05) is 27.9 Å². The van der Waals surface area contributed by atoms with Gasteiger partial charge in [-0.15, -0.1) is 0 Å². The molecule has 8 heteroatoms. The molecule has 0 aliphatic carbocycles. The summed E-state index contributed by atoms with van der Waals surface area (Å²) in [5, 5.41) is 10.1. The van der Waals surface area contributed by atoms with Crippen molar-refractivity contribution in [3.8, 4) is 0 Å². The van der Waals surface area contributed by atoms with Gasteiger partial charge in [-0.3, -0.25) is 0 Å². The van der Waals surface area contributed by atoms with Crippen molar-refractivity contribution in [3.63, 3.8) is 0 Å². The standard InChI is InChI=1S/C4H9NO2.Cl2O2S/c1-2-3-5-4(6)7;1-5(2,3)4/h5H,2-3H2,1H3,(H,6,7);. The Morgan fingerprint density at radius 1 is 1.50 bits per heavy atom. The van der Waals surface area contributed by atoms with Crippen molar-refractivity contribution in [1.29, 1.82) is 0 Å². The van der Waals surface area contributed by atoms with Gasteiger partial charge in [-0.05, 0) is 6.42 Å². The molecule has 0 heterocycles. The SMILES string of the molecule is CCCNC(=O)O.O=S(=O)(Cl)Cl. The van der Waals surface area contributed by atoms with Crippen LogP contribution < -0.4 is 5.32 Å². The quantitative estimate of drug-likeness (QED) is 0.711. The smallest absolute Gasteiger partial charge is 0.404 e. The van der Waals surface area contributed by atoms with E-state index in [0.717, 1.165) is 6.42 Å². The highest BCUT2D eigenvalue weighted by Crippen LogP contribution is 1.98. The average Bonchev–Trinajstić information content (AvgIpc) is 1.79. The lowest BCUT2D eigenvalue weighted by molar-refractivity contribution is 0.194. The first-order valence-electron chi connectivity index (χ1n) is 2.88. The molecule has 12 heavy (non-hydrogen) atoms. The molecule has 0 rings (SSSR count). The summed E-state index contributed by atoms with van der Waals surface area (Å²) in [6, 6.07) is 0. The van der Waals surface area contributed by atoms with Crippen molar-refractivity contribution in [2.75, 3.05) is 6.54 Å². The Labute approximate surface area is 79.6 Å². The second kappa shape index (κ2) is 7.45. The van der Waals surface area contributed by atoms with Gasteiger partial charge in [-0.2, -0.15) is 8.42 Å². The molecule has 5 nitrogen and oxygen atoms in total. The number of nitrogens with one attached hydrogen (secondary N) is 1. The van der Waals surface area contributed by atoms with Crippen LogP contribution in [0, 0.1) is 0 Å². The summed E-state index contributed by atoms with van der Waals surface area (Å²) in [6.07, 6.45) is -0.0893. The van der Waals surface area contributed by atoms with Gasteiger partial charge in [0.05, 0.1) is 0 Å². The van der Waals surface area contributed by atoms with Gasteiger partial charge in [0.15, 0.2) is 0 Å². The number of amides is 1. The van der Waals surface area contributed by atoms with E-state index >= 15 is 0 Å². The minimum Gasteiger partial charge on any atom is -0.465 e. The zero-order chi connectivity index (χ0) is 10.2. The lowest BCUT2D eigenvalue weighted by atomic mass is 10.5. The average molecular weight is 238 g/mol. The van der Waals surface area contributed by atoms with Crippen LogP contribution in [0.15, 0.2) is 0 Å². The summed E-state index contributed by atoms with van der Waals surface area (Å²) in [4.78, 5) is 9.65. The zero-order valence-electron chi connectivity index (χ0n) is 6.25. The third-order valence-corrected chi connectivity index (χ3v) is 0.526. The topological polar surface area (TPSA) is 83.5 Å². The summed E-state index contributed by atoms with van der Waals surface area (Å²) in [7, 11) is 4.81. The molecule has 0 aromatic heterocycles. The number of hydrogen-bond acceptors (Lipinski definition) is 3. The van der Waals surface area contributed by atoms with Gasteiger partial charge in [0.25, 0.3) is 0 Å². The molecular weight excluding hydrogens is 229 g/mol. The highest BCUT2D eigenvalue weighted by molar-refractivity contribution is 8.31.